The summed E-state index contributed by atoms with van der Waals surface area (Å²) in [5.74, 6) is 0. The molecule has 0 saturated heterocycles. The molecule has 2 aromatic rings. The average molecular weight is 248 g/mol. The first-order chi connectivity index (χ1) is 7.79. The Morgan fingerprint density at radius 1 is 1.41 bits per heavy atom. The molecule has 2 heterocycles. The van der Waals surface area contributed by atoms with Crippen LogP contribution < -0.4 is 11.2 Å². The highest BCUT2D eigenvalue weighted by atomic mass is 19.4. The van der Waals surface area contributed by atoms with Crippen molar-refractivity contribution in [2.75, 3.05) is 0 Å². The molecule has 0 aromatic carbocycles. The summed E-state index contributed by atoms with van der Waals surface area (Å²) in [5, 5.41) is 0. The number of H-pyrrole nitrogens is 1. The van der Waals surface area contributed by atoms with E-state index in [9.17, 15) is 22.8 Å². The summed E-state index contributed by atoms with van der Waals surface area (Å²) in [6, 6.07) is 0. The largest absolute Gasteiger partial charge is 0.406 e. The topological polar surface area (TPSA) is 72.7 Å². The Balaban J connectivity index is 2.74. The van der Waals surface area contributed by atoms with Crippen LogP contribution in [-0.4, -0.2) is 25.3 Å². The zero-order valence-corrected chi connectivity index (χ0v) is 8.58. The number of alkyl halides is 3. The highest BCUT2D eigenvalue weighted by Gasteiger charge is 2.29. The van der Waals surface area contributed by atoms with Crippen molar-refractivity contribution in [2.24, 2.45) is 7.05 Å². The van der Waals surface area contributed by atoms with Gasteiger partial charge in [0, 0.05) is 7.05 Å². The number of halogens is 3. The van der Waals surface area contributed by atoms with Crippen molar-refractivity contribution >= 4 is 11.2 Å². The maximum atomic E-state index is 12.2. The lowest BCUT2D eigenvalue weighted by Gasteiger charge is -2.07. The predicted octanol–water partition coefficient (Wildman–Crippen LogP) is -0.0144. The van der Waals surface area contributed by atoms with Gasteiger partial charge in [0.25, 0.3) is 5.56 Å². The second kappa shape index (κ2) is 3.47. The van der Waals surface area contributed by atoms with Gasteiger partial charge in [-0.2, -0.15) is 13.2 Å². The summed E-state index contributed by atoms with van der Waals surface area (Å²) in [6.45, 7) is -1.33. The molecule has 2 rings (SSSR count). The van der Waals surface area contributed by atoms with Crippen LogP contribution in [0.15, 0.2) is 15.9 Å². The van der Waals surface area contributed by atoms with E-state index in [1.165, 1.54) is 7.05 Å². The molecule has 0 aliphatic rings. The molecule has 0 unspecified atom stereocenters. The van der Waals surface area contributed by atoms with Crippen molar-refractivity contribution in [1.82, 2.24) is 19.1 Å². The summed E-state index contributed by atoms with van der Waals surface area (Å²) < 4.78 is 38.3. The zero-order chi connectivity index (χ0) is 12.8. The molecule has 0 saturated carbocycles. The Morgan fingerprint density at radius 3 is 2.65 bits per heavy atom. The van der Waals surface area contributed by atoms with Gasteiger partial charge in [0.1, 0.15) is 6.54 Å². The molecule has 0 amide bonds. The lowest BCUT2D eigenvalue weighted by atomic mass is 10.5. The van der Waals surface area contributed by atoms with Crippen molar-refractivity contribution < 1.29 is 13.2 Å². The van der Waals surface area contributed by atoms with Gasteiger partial charge >= 0.3 is 11.9 Å². The molecule has 1 N–H and O–H groups in total. The smallest absolute Gasteiger partial charge is 0.316 e. The number of fused-ring (bicyclic) bond motifs is 1. The maximum Gasteiger partial charge on any atom is 0.406 e. The maximum absolute atomic E-state index is 12.2. The standard InChI is InChI=1S/C8H7F3N4O2/c1-14-5-4(6(16)13-7(14)17)15(3-12-5)2-8(9,10)11/h3H,2H2,1H3,(H,13,16,17). The molecule has 9 heteroatoms. The lowest BCUT2D eigenvalue weighted by molar-refractivity contribution is -0.140. The van der Waals surface area contributed by atoms with Crippen LogP contribution in [0, 0.1) is 0 Å². The third-order valence-electron chi connectivity index (χ3n) is 2.23. The first kappa shape index (κ1) is 11.4. The normalized spacial score (nSPS) is 12.2. The quantitative estimate of drug-likeness (QED) is 0.771. The minimum Gasteiger partial charge on any atom is -0.316 e. The van der Waals surface area contributed by atoms with E-state index >= 15 is 0 Å². The van der Waals surface area contributed by atoms with E-state index in [0.717, 1.165) is 10.9 Å². The van der Waals surface area contributed by atoms with Crippen molar-refractivity contribution in [3.05, 3.63) is 27.2 Å². The Labute approximate surface area is 91.3 Å². The van der Waals surface area contributed by atoms with Crippen LogP contribution in [0.3, 0.4) is 0 Å². The van der Waals surface area contributed by atoms with Crippen LogP contribution in [-0.2, 0) is 13.6 Å². The minimum absolute atomic E-state index is 0.0806. The van der Waals surface area contributed by atoms with E-state index in [2.05, 4.69) is 4.98 Å². The van der Waals surface area contributed by atoms with E-state index in [4.69, 9.17) is 0 Å². The lowest BCUT2D eigenvalue weighted by Crippen LogP contribution is -2.30. The van der Waals surface area contributed by atoms with Gasteiger partial charge in [0.05, 0.1) is 6.33 Å². The predicted molar refractivity (Wildman–Crippen MR) is 51.6 cm³/mol. The summed E-state index contributed by atoms with van der Waals surface area (Å²) in [6.07, 6.45) is -3.58. The molecule has 6 nitrogen and oxygen atoms in total. The Kier molecular flexibility index (Phi) is 2.33. The average Bonchev–Trinajstić information content (AvgIpc) is 2.56. The third-order valence-corrected chi connectivity index (χ3v) is 2.23. The van der Waals surface area contributed by atoms with Crippen molar-refractivity contribution in [3.63, 3.8) is 0 Å². The Hall–Kier alpha value is -2.06. The summed E-state index contributed by atoms with van der Waals surface area (Å²) >= 11 is 0. The van der Waals surface area contributed by atoms with Gasteiger partial charge in [0.15, 0.2) is 11.2 Å². The number of aromatic nitrogens is 4. The highest BCUT2D eigenvalue weighted by Crippen LogP contribution is 2.19. The van der Waals surface area contributed by atoms with Crippen LogP contribution in [0.5, 0.6) is 0 Å². The molecule has 0 spiro atoms. The molecule has 0 aliphatic heterocycles. The van der Waals surface area contributed by atoms with Crippen LogP contribution in [0.4, 0.5) is 13.2 Å². The fourth-order valence-corrected chi connectivity index (χ4v) is 1.50. The van der Waals surface area contributed by atoms with E-state index in [-0.39, 0.29) is 11.2 Å². The molecule has 17 heavy (non-hydrogen) atoms. The van der Waals surface area contributed by atoms with E-state index in [1.54, 1.807) is 0 Å². The van der Waals surface area contributed by atoms with E-state index < -0.39 is 24.0 Å². The number of hydrogen-bond donors (Lipinski definition) is 1. The summed E-state index contributed by atoms with van der Waals surface area (Å²) in [4.78, 5) is 28.2. The van der Waals surface area contributed by atoms with Crippen LogP contribution in [0.1, 0.15) is 0 Å². The highest BCUT2D eigenvalue weighted by molar-refractivity contribution is 5.69. The van der Waals surface area contributed by atoms with Gasteiger partial charge in [-0.3, -0.25) is 14.3 Å². The first-order valence-corrected chi connectivity index (χ1v) is 4.50. The first-order valence-electron chi connectivity index (χ1n) is 4.50. The number of rotatable bonds is 1. The fraction of sp³-hybridized carbons (Fsp3) is 0.375. The number of nitrogens with one attached hydrogen (secondary N) is 1. The molecule has 0 atom stereocenters. The number of nitrogens with zero attached hydrogens (tertiary/aromatic N) is 3. The molecule has 92 valence electrons. The molecule has 0 radical (unpaired) electrons. The van der Waals surface area contributed by atoms with E-state index in [0.29, 0.717) is 4.57 Å². The van der Waals surface area contributed by atoms with Crippen molar-refractivity contribution in [1.29, 1.82) is 0 Å². The fourth-order valence-electron chi connectivity index (χ4n) is 1.50. The number of aromatic amines is 1. The molecule has 0 bridgehead atoms. The molecular weight excluding hydrogens is 241 g/mol. The second-order valence-corrected chi connectivity index (χ2v) is 3.48. The Bertz CT molecular complexity index is 679. The SMILES string of the molecule is Cn1c(=O)[nH]c(=O)c2c1ncn2CC(F)(F)F. The molecule has 2 aromatic heterocycles. The van der Waals surface area contributed by atoms with Gasteiger partial charge in [-0.05, 0) is 0 Å². The van der Waals surface area contributed by atoms with E-state index in [1.807, 2.05) is 4.98 Å². The minimum atomic E-state index is -4.46. The second-order valence-electron chi connectivity index (χ2n) is 3.48. The number of aryl methyl sites for hydroxylation is 1. The van der Waals surface area contributed by atoms with Gasteiger partial charge < -0.3 is 4.57 Å². The number of imidazole rings is 1. The Morgan fingerprint density at radius 2 is 2.06 bits per heavy atom. The molecule has 0 fully saturated rings. The molecular formula is C8H7F3N4O2. The monoisotopic (exact) mass is 248 g/mol. The van der Waals surface area contributed by atoms with Crippen LogP contribution >= 0.6 is 0 Å². The zero-order valence-electron chi connectivity index (χ0n) is 8.58. The molecule has 0 aliphatic carbocycles. The van der Waals surface area contributed by atoms with Crippen LogP contribution in [0.2, 0.25) is 0 Å². The number of hydrogen-bond acceptors (Lipinski definition) is 3. The van der Waals surface area contributed by atoms with Gasteiger partial charge in [-0.25, -0.2) is 9.78 Å². The van der Waals surface area contributed by atoms with Crippen molar-refractivity contribution in [3.8, 4) is 0 Å². The van der Waals surface area contributed by atoms with Gasteiger partial charge in [-0.15, -0.1) is 0 Å². The third kappa shape index (κ3) is 1.95. The van der Waals surface area contributed by atoms with Gasteiger partial charge in [-0.1, -0.05) is 0 Å². The summed E-state index contributed by atoms with van der Waals surface area (Å²) in [7, 11) is 1.31. The summed E-state index contributed by atoms with van der Waals surface area (Å²) in [5.41, 5.74) is -1.96. The van der Waals surface area contributed by atoms with Gasteiger partial charge in [0.2, 0.25) is 0 Å². The van der Waals surface area contributed by atoms with Crippen molar-refractivity contribution in [2.45, 2.75) is 12.7 Å². The van der Waals surface area contributed by atoms with Crippen LogP contribution in [0.25, 0.3) is 11.2 Å².